The van der Waals surface area contributed by atoms with Crippen molar-refractivity contribution in [2.24, 2.45) is 0 Å². The number of carbonyl (C=O) groups excluding carboxylic acids is 4. The third-order valence-electron chi connectivity index (χ3n) is 4.63. The fraction of sp³-hybridized carbons (Fsp3) is 0.444. The van der Waals surface area contributed by atoms with Gasteiger partial charge in [0.2, 0.25) is 11.8 Å². The number of fused-ring (bicyclic) bond motifs is 1. The van der Waals surface area contributed by atoms with Crippen molar-refractivity contribution in [2.75, 3.05) is 33.4 Å². The highest BCUT2D eigenvalue weighted by molar-refractivity contribution is 6.09. The van der Waals surface area contributed by atoms with Gasteiger partial charge in [0.1, 0.15) is 12.1 Å². The molecule has 10 heteroatoms. The van der Waals surface area contributed by atoms with E-state index >= 15 is 0 Å². The largest absolute Gasteiger partial charge is 0.490 e. The van der Waals surface area contributed by atoms with Crippen molar-refractivity contribution < 1.29 is 28.7 Å². The Hall–Kier alpha value is -3.30. The first-order valence-corrected chi connectivity index (χ1v) is 8.86. The summed E-state index contributed by atoms with van der Waals surface area (Å²) in [5.41, 5.74) is -0.827. The standard InChI is InChI=1S/C18H22N4O6/c1-18(11-4-5-12-13(8-11)28-7-3-6-27-12)16(25)22(17(26)21-18)10-15(24)20-9-14(23)19-2/h4-5,8H,3,6-7,9-10H2,1-2H3,(H,19,23)(H,20,24)(H,21,26)/t18-/m0/s1. The van der Waals surface area contributed by atoms with Gasteiger partial charge < -0.3 is 25.4 Å². The third-order valence-corrected chi connectivity index (χ3v) is 4.63. The number of likely N-dealkylation sites (N-methyl/N-ethyl adjacent to an activating group) is 1. The number of hydrogen-bond acceptors (Lipinski definition) is 6. The monoisotopic (exact) mass is 390 g/mol. The minimum absolute atomic E-state index is 0.238. The maximum absolute atomic E-state index is 12.9. The number of amides is 5. The first-order chi connectivity index (χ1) is 13.3. The lowest BCUT2D eigenvalue weighted by Gasteiger charge is -2.23. The van der Waals surface area contributed by atoms with E-state index in [0.29, 0.717) is 30.3 Å². The highest BCUT2D eigenvalue weighted by atomic mass is 16.5. The van der Waals surface area contributed by atoms with E-state index in [2.05, 4.69) is 16.0 Å². The van der Waals surface area contributed by atoms with Gasteiger partial charge in [-0.15, -0.1) is 0 Å². The Kier molecular flexibility index (Phi) is 5.39. The second-order valence-electron chi connectivity index (χ2n) is 6.61. The summed E-state index contributed by atoms with van der Waals surface area (Å²) in [6, 6.07) is 4.35. The van der Waals surface area contributed by atoms with Crippen LogP contribution in [0.3, 0.4) is 0 Å². The van der Waals surface area contributed by atoms with Crippen LogP contribution in [0.2, 0.25) is 0 Å². The zero-order chi connectivity index (χ0) is 20.3. The zero-order valence-corrected chi connectivity index (χ0v) is 15.7. The summed E-state index contributed by atoms with van der Waals surface area (Å²) in [4.78, 5) is 49.3. The van der Waals surface area contributed by atoms with Gasteiger partial charge in [0.25, 0.3) is 5.91 Å². The van der Waals surface area contributed by atoms with Crippen molar-refractivity contribution >= 4 is 23.8 Å². The average molecular weight is 390 g/mol. The molecular formula is C18H22N4O6. The van der Waals surface area contributed by atoms with Crippen molar-refractivity contribution in [3.05, 3.63) is 23.8 Å². The van der Waals surface area contributed by atoms with E-state index in [1.807, 2.05) is 0 Å². The number of urea groups is 1. The molecule has 150 valence electrons. The molecule has 5 amide bonds. The Morgan fingerprint density at radius 2 is 1.89 bits per heavy atom. The zero-order valence-electron chi connectivity index (χ0n) is 15.7. The molecule has 1 aromatic carbocycles. The second kappa shape index (κ2) is 7.75. The van der Waals surface area contributed by atoms with Gasteiger partial charge in [0.15, 0.2) is 11.5 Å². The molecule has 0 unspecified atom stereocenters. The van der Waals surface area contributed by atoms with Crippen LogP contribution in [0.25, 0.3) is 0 Å². The van der Waals surface area contributed by atoms with Gasteiger partial charge >= 0.3 is 6.03 Å². The number of nitrogens with one attached hydrogen (secondary N) is 3. The summed E-state index contributed by atoms with van der Waals surface area (Å²) in [7, 11) is 1.44. The summed E-state index contributed by atoms with van der Waals surface area (Å²) in [6.45, 7) is 1.87. The Morgan fingerprint density at radius 3 is 2.61 bits per heavy atom. The smallest absolute Gasteiger partial charge is 0.325 e. The average Bonchev–Trinajstić information content (AvgIpc) is 2.86. The van der Waals surface area contributed by atoms with Crippen LogP contribution in [0.1, 0.15) is 18.9 Å². The molecule has 0 radical (unpaired) electrons. The summed E-state index contributed by atoms with van der Waals surface area (Å²) in [5, 5.41) is 7.35. The van der Waals surface area contributed by atoms with E-state index in [0.717, 1.165) is 11.3 Å². The summed E-state index contributed by atoms with van der Waals surface area (Å²) in [6.07, 6.45) is 0.746. The van der Waals surface area contributed by atoms with Crippen LogP contribution in [-0.4, -0.2) is 62.0 Å². The number of rotatable bonds is 5. The van der Waals surface area contributed by atoms with Gasteiger partial charge in [0, 0.05) is 13.5 Å². The molecule has 0 saturated carbocycles. The van der Waals surface area contributed by atoms with Gasteiger partial charge in [-0.05, 0) is 24.6 Å². The third kappa shape index (κ3) is 3.71. The molecule has 2 aliphatic heterocycles. The van der Waals surface area contributed by atoms with Crippen molar-refractivity contribution in [3.63, 3.8) is 0 Å². The molecule has 3 N–H and O–H groups in total. The fourth-order valence-electron chi connectivity index (χ4n) is 2.98. The van der Waals surface area contributed by atoms with Crippen molar-refractivity contribution in [3.8, 4) is 11.5 Å². The van der Waals surface area contributed by atoms with Gasteiger partial charge in [-0.1, -0.05) is 6.07 Å². The van der Waals surface area contributed by atoms with E-state index in [4.69, 9.17) is 9.47 Å². The molecule has 10 nitrogen and oxygen atoms in total. The van der Waals surface area contributed by atoms with Gasteiger partial charge in [-0.2, -0.15) is 0 Å². The fourth-order valence-corrected chi connectivity index (χ4v) is 2.98. The Morgan fingerprint density at radius 1 is 1.18 bits per heavy atom. The lowest BCUT2D eigenvalue weighted by Crippen LogP contribution is -2.44. The summed E-state index contributed by atoms with van der Waals surface area (Å²) < 4.78 is 11.2. The van der Waals surface area contributed by atoms with Gasteiger partial charge in [-0.25, -0.2) is 4.79 Å². The Labute approximate surface area is 161 Å². The molecule has 3 rings (SSSR count). The highest BCUT2D eigenvalue weighted by Gasteiger charge is 2.49. The maximum atomic E-state index is 12.9. The topological polar surface area (TPSA) is 126 Å². The van der Waals surface area contributed by atoms with Crippen molar-refractivity contribution in [2.45, 2.75) is 18.9 Å². The van der Waals surface area contributed by atoms with E-state index in [-0.39, 0.29) is 12.5 Å². The first-order valence-electron chi connectivity index (χ1n) is 8.86. The molecule has 28 heavy (non-hydrogen) atoms. The van der Waals surface area contributed by atoms with E-state index in [9.17, 15) is 19.2 Å². The molecule has 1 fully saturated rings. The lowest BCUT2D eigenvalue weighted by molar-refractivity contribution is -0.135. The van der Waals surface area contributed by atoms with Crippen LogP contribution in [0.5, 0.6) is 11.5 Å². The number of nitrogens with zero attached hydrogens (tertiary/aromatic N) is 1. The minimum atomic E-state index is -1.34. The van der Waals surface area contributed by atoms with Crippen LogP contribution in [0.4, 0.5) is 4.79 Å². The second-order valence-corrected chi connectivity index (χ2v) is 6.61. The number of ether oxygens (including phenoxy) is 2. The number of carbonyl (C=O) groups is 4. The highest BCUT2D eigenvalue weighted by Crippen LogP contribution is 2.36. The maximum Gasteiger partial charge on any atom is 0.325 e. The van der Waals surface area contributed by atoms with E-state index in [1.54, 1.807) is 25.1 Å². The molecule has 1 saturated heterocycles. The van der Waals surface area contributed by atoms with Crippen LogP contribution >= 0.6 is 0 Å². The Balaban J connectivity index is 1.75. The summed E-state index contributed by atoms with van der Waals surface area (Å²) >= 11 is 0. The van der Waals surface area contributed by atoms with Gasteiger partial charge in [0.05, 0.1) is 19.8 Å². The van der Waals surface area contributed by atoms with Crippen LogP contribution in [0.15, 0.2) is 18.2 Å². The molecule has 0 spiro atoms. The predicted molar refractivity (Wildman–Crippen MR) is 96.7 cm³/mol. The summed E-state index contributed by atoms with van der Waals surface area (Å²) in [5.74, 6) is -0.494. The number of imide groups is 1. The molecule has 0 aliphatic carbocycles. The Bertz CT molecular complexity index is 826. The predicted octanol–water partition coefficient (Wildman–Crippen LogP) is -0.523. The minimum Gasteiger partial charge on any atom is -0.490 e. The van der Waals surface area contributed by atoms with Crippen molar-refractivity contribution in [1.29, 1.82) is 0 Å². The molecule has 2 heterocycles. The molecule has 0 bridgehead atoms. The quantitative estimate of drug-likeness (QED) is 0.581. The molecule has 1 atom stereocenters. The lowest BCUT2D eigenvalue weighted by atomic mass is 9.91. The van der Waals surface area contributed by atoms with Crippen LogP contribution in [0, 0.1) is 0 Å². The molecule has 0 aromatic heterocycles. The SMILES string of the molecule is CNC(=O)CNC(=O)CN1C(=O)N[C@@](C)(c2ccc3c(c2)OCCCO3)C1=O. The molecular weight excluding hydrogens is 368 g/mol. The first kappa shape index (κ1) is 19.5. The van der Waals surface area contributed by atoms with Gasteiger partial charge in [-0.3, -0.25) is 19.3 Å². The number of hydrogen-bond donors (Lipinski definition) is 3. The molecule has 2 aliphatic rings. The van der Waals surface area contributed by atoms with Crippen molar-refractivity contribution in [1.82, 2.24) is 20.9 Å². The van der Waals surface area contributed by atoms with Crippen LogP contribution < -0.4 is 25.4 Å². The molecule has 1 aromatic rings. The normalized spacial score (nSPS) is 21.0. The number of benzene rings is 1. The van der Waals surface area contributed by atoms with Crippen LogP contribution in [-0.2, 0) is 19.9 Å². The van der Waals surface area contributed by atoms with E-state index in [1.165, 1.54) is 7.05 Å². The van der Waals surface area contributed by atoms with E-state index < -0.39 is 29.9 Å².